The highest BCUT2D eigenvalue weighted by molar-refractivity contribution is 9.10. The molecule has 2 aromatic carbocycles. The predicted molar refractivity (Wildman–Crippen MR) is 80.7 cm³/mol. The van der Waals surface area contributed by atoms with Gasteiger partial charge in [-0.25, -0.2) is 13.2 Å². The average molecular weight is 358 g/mol. The van der Waals surface area contributed by atoms with E-state index in [1.54, 1.807) is 19.2 Å². The summed E-state index contributed by atoms with van der Waals surface area (Å²) in [5, 5.41) is 2.92. The molecule has 2 rings (SSSR count). The van der Waals surface area contributed by atoms with Gasteiger partial charge in [0, 0.05) is 17.2 Å². The molecule has 1 atom stereocenters. The van der Waals surface area contributed by atoms with Crippen LogP contribution in [0.1, 0.15) is 22.7 Å². The largest absolute Gasteiger partial charge is 0.313 e. The smallest absolute Gasteiger partial charge is 0.143 e. The van der Waals surface area contributed by atoms with Crippen molar-refractivity contribution in [1.82, 2.24) is 5.32 Å². The van der Waals surface area contributed by atoms with Crippen LogP contribution in [0.25, 0.3) is 0 Å². The van der Waals surface area contributed by atoms with Gasteiger partial charge in [-0.3, -0.25) is 0 Å². The summed E-state index contributed by atoms with van der Waals surface area (Å²) in [5.74, 6) is -1.68. The SMILES string of the molecule is CNC(Cc1c(F)ccc(Br)c1F)c1cc(C)ccc1F. The first-order valence-electron chi connectivity index (χ1n) is 6.49. The van der Waals surface area contributed by atoms with Crippen molar-refractivity contribution in [3.63, 3.8) is 0 Å². The van der Waals surface area contributed by atoms with E-state index in [0.29, 0.717) is 5.56 Å². The van der Waals surface area contributed by atoms with Crippen LogP contribution in [0.2, 0.25) is 0 Å². The zero-order chi connectivity index (χ0) is 15.6. The van der Waals surface area contributed by atoms with Crippen molar-refractivity contribution in [2.75, 3.05) is 7.05 Å². The van der Waals surface area contributed by atoms with Crippen LogP contribution in [0.3, 0.4) is 0 Å². The Morgan fingerprint density at radius 1 is 1.10 bits per heavy atom. The molecule has 1 nitrogen and oxygen atoms in total. The fourth-order valence-corrected chi connectivity index (χ4v) is 2.63. The van der Waals surface area contributed by atoms with Crippen molar-refractivity contribution in [3.8, 4) is 0 Å². The molecule has 0 aliphatic heterocycles. The van der Waals surface area contributed by atoms with Crippen LogP contribution in [-0.2, 0) is 6.42 Å². The summed E-state index contributed by atoms with van der Waals surface area (Å²) < 4.78 is 42.0. The highest BCUT2D eigenvalue weighted by Gasteiger charge is 2.20. The van der Waals surface area contributed by atoms with E-state index in [0.717, 1.165) is 5.56 Å². The first kappa shape index (κ1) is 16.0. The zero-order valence-electron chi connectivity index (χ0n) is 11.7. The Hall–Kier alpha value is -1.33. The average Bonchev–Trinajstić information content (AvgIpc) is 2.46. The first-order chi connectivity index (χ1) is 9.93. The summed E-state index contributed by atoms with van der Waals surface area (Å²) in [4.78, 5) is 0. The monoisotopic (exact) mass is 357 g/mol. The molecule has 0 amide bonds. The van der Waals surface area contributed by atoms with Crippen LogP contribution < -0.4 is 5.32 Å². The third kappa shape index (κ3) is 3.47. The third-order valence-electron chi connectivity index (χ3n) is 3.42. The minimum Gasteiger partial charge on any atom is -0.313 e. The van der Waals surface area contributed by atoms with Crippen molar-refractivity contribution in [2.24, 2.45) is 0 Å². The highest BCUT2D eigenvalue weighted by Crippen LogP contribution is 2.28. The topological polar surface area (TPSA) is 12.0 Å². The van der Waals surface area contributed by atoms with Crippen molar-refractivity contribution >= 4 is 15.9 Å². The van der Waals surface area contributed by atoms with Gasteiger partial charge < -0.3 is 5.32 Å². The number of aryl methyl sites for hydroxylation is 1. The van der Waals surface area contributed by atoms with Gasteiger partial charge in [-0.05, 0) is 54.5 Å². The summed E-state index contributed by atoms with van der Waals surface area (Å²) in [6.07, 6.45) is 0.0218. The summed E-state index contributed by atoms with van der Waals surface area (Å²) in [5.41, 5.74) is 1.22. The quantitative estimate of drug-likeness (QED) is 0.783. The van der Waals surface area contributed by atoms with E-state index in [1.807, 2.05) is 6.92 Å². The lowest BCUT2D eigenvalue weighted by atomic mass is 9.96. The van der Waals surface area contributed by atoms with E-state index < -0.39 is 23.5 Å². The molecule has 0 saturated carbocycles. The van der Waals surface area contributed by atoms with Gasteiger partial charge in [-0.1, -0.05) is 17.7 Å². The van der Waals surface area contributed by atoms with E-state index in [2.05, 4.69) is 21.2 Å². The minimum atomic E-state index is -0.650. The maximum atomic E-state index is 14.0. The Morgan fingerprint density at radius 3 is 2.43 bits per heavy atom. The number of benzene rings is 2. The van der Waals surface area contributed by atoms with Crippen molar-refractivity contribution in [3.05, 3.63) is 68.9 Å². The van der Waals surface area contributed by atoms with Gasteiger partial charge in [0.05, 0.1) is 4.47 Å². The van der Waals surface area contributed by atoms with Gasteiger partial charge in [0.2, 0.25) is 0 Å². The molecule has 0 bridgehead atoms. The zero-order valence-corrected chi connectivity index (χ0v) is 13.3. The number of hydrogen-bond acceptors (Lipinski definition) is 1. The van der Waals surface area contributed by atoms with E-state index in [1.165, 1.54) is 18.2 Å². The second-order valence-electron chi connectivity index (χ2n) is 4.89. The molecule has 0 aromatic heterocycles. The summed E-state index contributed by atoms with van der Waals surface area (Å²) in [6, 6.07) is 6.71. The third-order valence-corrected chi connectivity index (χ3v) is 4.03. The first-order valence-corrected chi connectivity index (χ1v) is 7.29. The molecule has 0 saturated heterocycles. The summed E-state index contributed by atoms with van der Waals surface area (Å²) in [6.45, 7) is 1.84. The van der Waals surface area contributed by atoms with Gasteiger partial charge in [0.1, 0.15) is 17.5 Å². The minimum absolute atomic E-state index is 0.0218. The Kier molecular flexibility index (Phi) is 5.06. The lowest BCUT2D eigenvalue weighted by Gasteiger charge is -2.19. The molecule has 0 aliphatic rings. The van der Waals surface area contributed by atoms with Crippen LogP contribution in [0.15, 0.2) is 34.8 Å². The van der Waals surface area contributed by atoms with Gasteiger partial charge in [0.25, 0.3) is 0 Å². The van der Waals surface area contributed by atoms with Gasteiger partial charge >= 0.3 is 0 Å². The normalized spacial score (nSPS) is 12.5. The standard InChI is InChI=1S/C16H15BrF3N/c1-9-3-5-13(18)10(7-9)15(21-2)8-11-14(19)6-4-12(17)16(11)20/h3-7,15,21H,8H2,1-2H3. The number of likely N-dealkylation sites (N-methyl/N-ethyl adjacent to an activating group) is 1. The number of hydrogen-bond donors (Lipinski definition) is 1. The molecule has 0 aliphatic carbocycles. The molecule has 1 unspecified atom stereocenters. The molecule has 0 spiro atoms. The molecule has 0 radical (unpaired) electrons. The predicted octanol–water partition coefficient (Wildman–Crippen LogP) is 4.68. The molecule has 112 valence electrons. The fraction of sp³-hybridized carbons (Fsp3) is 0.250. The van der Waals surface area contributed by atoms with E-state index in [4.69, 9.17) is 0 Å². The summed E-state index contributed by atoms with van der Waals surface area (Å²) >= 11 is 3.04. The molecule has 5 heteroatoms. The fourth-order valence-electron chi connectivity index (χ4n) is 2.26. The van der Waals surface area contributed by atoms with Crippen LogP contribution in [0.5, 0.6) is 0 Å². The van der Waals surface area contributed by atoms with Gasteiger partial charge in [0.15, 0.2) is 0 Å². The molecule has 1 N–H and O–H groups in total. The van der Waals surface area contributed by atoms with Crippen molar-refractivity contribution < 1.29 is 13.2 Å². The molecule has 0 heterocycles. The molecule has 21 heavy (non-hydrogen) atoms. The maximum absolute atomic E-state index is 14.0. The van der Waals surface area contributed by atoms with Crippen molar-refractivity contribution in [1.29, 1.82) is 0 Å². The van der Waals surface area contributed by atoms with E-state index >= 15 is 0 Å². The number of nitrogens with one attached hydrogen (secondary N) is 1. The lowest BCUT2D eigenvalue weighted by molar-refractivity contribution is 0.495. The number of halogens is 4. The van der Waals surface area contributed by atoms with Crippen LogP contribution >= 0.6 is 15.9 Å². The summed E-state index contributed by atoms with van der Waals surface area (Å²) in [7, 11) is 1.64. The maximum Gasteiger partial charge on any atom is 0.143 e. The van der Waals surface area contributed by atoms with Gasteiger partial charge in [-0.15, -0.1) is 0 Å². The second-order valence-corrected chi connectivity index (χ2v) is 5.75. The van der Waals surface area contributed by atoms with Crippen molar-refractivity contribution in [2.45, 2.75) is 19.4 Å². The van der Waals surface area contributed by atoms with Gasteiger partial charge in [-0.2, -0.15) is 0 Å². The van der Waals surface area contributed by atoms with E-state index in [9.17, 15) is 13.2 Å². The lowest BCUT2D eigenvalue weighted by Crippen LogP contribution is -2.21. The van der Waals surface area contributed by atoms with Crippen LogP contribution in [0.4, 0.5) is 13.2 Å². The molecular formula is C16H15BrF3N. The second kappa shape index (κ2) is 6.62. The van der Waals surface area contributed by atoms with Crippen LogP contribution in [-0.4, -0.2) is 7.05 Å². The molecule has 0 fully saturated rings. The molecular weight excluding hydrogens is 343 g/mol. The van der Waals surface area contributed by atoms with Crippen LogP contribution in [0, 0.1) is 24.4 Å². The Morgan fingerprint density at radius 2 is 1.76 bits per heavy atom. The van der Waals surface area contributed by atoms with E-state index in [-0.39, 0.29) is 16.5 Å². The number of rotatable bonds is 4. The highest BCUT2D eigenvalue weighted by atomic mass is 79.9. The Balaban J connectivity index is 2.40. The molecule has 2 aromatic rings. The Labute approximate surface area is 130 Å². The Bertz CT molecular complexity index is 658.